The summed E-state index contributed by atoms with van der Waals surface area (Å²) in [5.74, 6) is 0.759. The molecular formula is C26H32N2. The number of hydrogen-bond donors (Lipinski definition) is 0. The number of fused-ring (bicyclic) bond motifs is 1. The van der Waals surface area contributed by atoms with Gasteiger partial charge < -0.3 is 9.80 Å². The number of para-hydroxylation sites is 1. The van der Waals surface area contributed by atoms with Crippen LogP contribution in [0.4, 0.5) is 5.69 Å². The number of benzene rings is 2. The van der Waals surface area contributed by atoms with E-state index in [-0.39, 0.29) is 5.41 Å². The highest BCUT2D eigenvalue weighted by molar-refractivity contribution is 5.58. The molecule has 1 saturated heterocycles. The maximum Gasteiger partial charge on any atom is 0.105 e. The molecule has 2 aromatic rings. The molecule has 0 radical (unpaired) electrons. The first kappa shape index (κ1) is 17.8. The minimum Gasteiger partial charge on any atom is -0.351 e. The second-order valence-corrected chi connectivity index (χ2v) is 9.25. The SMILES string of the molecule is Cc1ccccc1N1C(C2CCCC2)N2C=CC(C)(c3ccccc3)C2[C@@H]1C. The van der Waals surface area contributed by atoms with Gasteiger partial charge in [-0.1, -0.05) is 67.4 Å². The van der Waals surface area contributed by atoms with Crippen LogP contribution in [0, 0.1) is 12.8 Å². The summed E-state index contributed by atoms with van der Waals surface area (Å²) in [7, 11) is 0. The van der Waals surface area contributed by atoms with Crippen molar-refractivity contribution in [3.63, 3.8) is 0 Å². The van der Waals surface area contributed by atoms with Crippen molar-refractivity contribution >= 4 is 5.69 Å². The molecule has 5 rings (SSSR count). The van der Waals surface area contributed by atoms with E-state index >= 15 is 0 Å². The number of nitrogens with zero attached hydrogens (tertiary/aromatic N) is 2. The molecule has 2 aliphatic heterocycles. The van der Waals surface area contributed by atoms with Crippen LogP contribution in [-0.4, -0.2) is 23.1 Å². The third-order valence-electron chi connectivity index (χ3n) is 7.63. The molecule has 1 aliphatic carbocycles. The fourth-order valence-electron chi connectivity index (χ4n) is 6.29. The fraction of sp³-hybridized carbons (Fsp3) is 0.462. The smallest absolute Gasteiger partial charge is 0.105 e. The number of hydrogen-bond acceptors (Lipinski definition) is 2. The maximum atomic E-state index is 2.76. The molecule has 3 aliphatic rings. The lowest BCUT2D eigenvalue weighted by Crippen LogP contribution is -2.45. The van der Waals surface area contributed by atoms with Crippen LogP contribution in [0.3, 0.4) is 0 Å². The van der Waals surface area contributed by atoms with E-state index in [1.165, 1.54) is 42.5 Å². The van der Waals surface area contributed by atoms with Crippen LogP contribution in [0.25, 0.3) is 0 Å². The lowest BCUT2D eigenvalue weighted by atomic mass is 9.75. The molecule has 4 atom stereocenters. The Morgan fingerprint density at radius 3 is 2.32 bits per heavy atom. The van der Waals surface area contributed by atoms with Crippen molar-refractivity contribution in [3.05, 3.63) is 78.0 Å². The molecule has 146 valence electrons. The summed E-state index contributed by atoms with van der Waals surface area (Å²) in [4.78, 5) is 5.49. The van der Waals surface area contributed by atoms with Crippen molar-refractivity contribution in [1.82, 2.24) is 4.90 Å². The minimum absolute atomic E-state index is 0.0506. The number of rotatable bonds is 3. The standard InChI is InChI=1S/C26H32N2/c1-19-11-7-10-16-23(19)28-20(2)24-26(3,22-14-5-4-6-15-22)17-18-27(24)25(28)21-12-8-9-13-21/h4-7,10-11,14-18,20-21,24-25H,8-9,12-13H2,1-3H3/t20-,24?,25?,26?/m0/s1. The van der Waals surface area contributed by atoms with Crippen LogP contribution < -0.4 is 4.90 Å². The maximum absolute atomic E-state index is 2.76. The van der Waals surface area contributed by atoms with E-state index in [1.54, 1.807) is 0 Å². The van der Waals surface area contributed by atoms with Crippen LogP contribution in [0.5, 0.6) is 0 Å². The highest BCUT2D eigenvalue weighted by atomic mass is 15.5. The Hall–Kier alpha value is -2.22. The third-order valence-corrected chi connectivity index (χ3v) is 7.63. The van der Waals surface area contributed by atoms with E-state index in [9.17, 15) is 0 Å². The molecule has 2 heteroatoms. The largest absolute Gasteiger partial charge is 0.351 e. The second-order valence-electron chi connectivity index (χ2n) is 9.25. The van der Waals surface area contributed by atoms with Crippen LogP contribution >= 0.6 is 0 Å². The van der Waals surface area contributed by atoms with E-state index in [4.69, 9.17) is 0 Å². The molecule has 0 spiro atoms. The molecular weight excluding hydrogens is 340 g/mol. The Balaban J connectivity index is 1.61. The molecule has 2 nitrogen and oxygen atoms in total. The predicted molar refractivity (Wildman–Crippen MR) is 117 cm³/mol. The predicted octanol–water partition coefficient (Wildman–Crippen LogP) is 5.88. The monoisotopic (exact) mass is 372 g/mol. The van der Waals surface area contributed by atoms with Gasteiger partial charge in [0.1, 0.15) is 6.17 Å². The summed E-state index contributed by atoms with van der Waals surface area (Å²) >= 11 is 0. The first-order valence-corrected chi connectivity index (χ1v) is 11.0. The molecule has 2 heterocycles. The first-order chi connectivity index (χ1) is 13.6. The normalized spacial score (nSPS) is 32.3. The van der Waals surface area contributed by atoms with Crippen molar-refractivity contribution in [2.24, 2.45) is 5.92 Å². The lowest BCUT2D eigenvalue weighted by molar-refractivity contribution is 0.196. The van der Waals surface area contributed by atoms with E-state index in [1.807, 2.05) is 0 Å². The summed E-state index contributed by atoms with van der Waals surface area (Å²) in [5.41, 5.74) is 4.30. The molecule has 2 aromatic carbocycles. The summed E-state index contributed by atoms with van der Waals surface area (Å²) in [5, 5.41) is 0. The van der Waals surface area contributed by atoms with E-state index < -0.39 is 0 Å². The molecule has 2 fully saturated rings. The van der Waals surface area contributed by atoms with Crippen LogP contribution in [-0.2, 0) is 5.41 Å². The van der Waals surface area contributed by atoms with Crippen LogP contribution in [0.2, 0.25) is 0 Å². The number of aryl methyl sites for hydroxylation is 1. The zero-order chi connectivity index (χ0) is 19.3. The molecule has 0 bridgehead atoms. The highest BCUT2D eigenvalue weighted by Crippen LogP contribution is 2.50. The van der Waals surface area contributed by atoms with Crippen molar-refractivity contribution in [2.75, 3.05) is 4.90 Å². The third kappa shape index (κ3) is 2.53. The minimum atomic E-state index is 0.0506. The molecule has 0 amide bonds. The van der Waals surface area contributed by atoms with Gasteiger partial charge in [0.05, 0.1) is 6.04 Å². The van der Waals surface area contributed by atoms with Crippen molar-refractivity contribution in [3.8, 4) is 0 Å². The van der Waals surface area contributed by atoms with Crippen molar-refractivity contribution in [2.45, 2.75) is 70.1 Å². The Morgan fingerprint density at radius 2 is 1.61 bits per heavy atom. The fourth-order valence-corrected chi connectivity index (χ4v) is 6.29. The average Bonchev–Trinajstić information content (AvgIpc) is 3.42. The van der Waals surface area contributed by atoms with Crippen LogP contribution in [0.15, 0.2) is 66.9 Å². The Kier molecular flexibility index (Phi) is 4.26. The van der Waals surface area contributed by atoms with Crippen molar-refractivity contribution in [1.29, 1.82) is 0 Å². The summed E-state index contributed by atoms with van der Waals surface area (Å²) < 4.78 is 0. The first-order valence-electron chi connectivity index (χ1n) is 11.0. The van der Waals surface area contributed by atoms with Gasteiger partial charge >= 0.3 is 0 Å². The highest BCUT2D eigenvalue weighted by Gasteiger charge is 2.56. The van der Waals surface area contributed by atoms with Gasteiger partial charge in [0.2, 0.25) is 0 Å². The van der Waals surface area contributed by atoms with Gasteiger partial charge in [0, 0.05) is 17.1 Å². The van der Waals surface area contributed by atoms with Gasteiger partial charge in [0.15, 0.2) is 0 Å². The zero-order valence-corrected chi connectivity index (χ0v) is 17.4. The Labute approximate surface area is 169 Å². The summed E-state index contributed by atoms with van der Waals surface area (Å²) in [6.07, 6.45) is 10.9. The quantitative estimate of drug-likeness (QED) is 0.664. The average molecular weight is 373 g/mol. The lowest BCUT2D eigenvalue weighted by Gasteiger charge is -2.37. The molecule has 0 N–H and O–H groups in total. The van der Waals surface area contributed by atoms with Crippen LogP contribution in [0.1, 0.15) is 50.7 Å². The van der Waals surface area contributed by atoms with Crippen molar-refractivity contribution < 1.29 is 0 Å². The second kappa shape index (κ2) is 6.69. The number of anilines is 1. The summed E-state index contributed by atoms with van der Waals surface area (Å²) in [6.45, 7) is 7.16. The topological polar surface area (TPSA) is 6.48 Å². The zero-order valence-electron chi connectivity index (χ0n) is 17.4. The Bertz CT molecular complexity index is 867. The molecule has 3 unspecified atom stereocenters. The molecule has 1 saturated carbocycles. The molecule has 28 heavy (non-hydrogen) atoms. The van der Waals surface area contributed by atoms with Gasteiger partial charge in [-0.3, -0.25) is 0 Å². The Morgan fingerprint density at radius 1 is 0.929 bits per heavy atom. The molecule has 0 aromatic heterocycles. The van der Waals surface area contributed by atoms with Gasteiger partial charge in [-0.2, -0.15) is 0 Å². The van der Waals surface area contributed by atoms with Gasteiger partial charge in [-0.25, -0.2) is 0 Å². The summed E-state index contributed by atoms with van der Waals surface area (Å²) in [6, 6.07) is 21.0. The van der Waals surface area contributed by atoms with Gasteiger partial charge in [-0.05, 0) is 62.9 Å². The van der Waals surface area contributed by atoms with E-state index in [0.717, 1.165) is 5.92 Å². The van der Waals surface area contributed by atoms with Gasteiger partial charge in [-0.15, -0.1) is 0 Å². The van der Waals surface area contributed by atoms with Gasteiger partial charge in [0.25, 0.3) is 0 Å². The van der Waals surface area contributed by atoms with E-state index in [2.05, 4.69) is 97.4 Å². The van der Waals surface area contributed by atoms with E-state index in [0.29, 0.717) is 18.2 Å².